The lowest BCUT2D eigenvalue weighted by atomic mass is 10.1. The molecule has 1 aliphatic rings. The second-order valence-electron chi connectivity index (χ2n) is 6.32. The molecule has 0 N–H and O–H groups in total. The van der Waals surface area contributed by atoms with Crippen LogP contribution in [0, 0.1) is 17.0 Å². The first-order chi connectivity index (χ1) is 12.3. The summed E-state index contributed by atoms with van der Waals surface area (Å²) in [6, 6.07) is 6.97. The van der Waals surface area contributed by atoms with Crippen molar-refractivity contribution in [2.24, 2.45) is 0 Å². The van der Waals surface area contributed by atoms with Crippen LogP contribution in [0.3, 0.4) is 0 Å². The van der Waals surface area contributed by atoms with Gasteiger partial charge >= 0.3 is 0 Å². The molecule has 0 aliphatic carbocycles. The summed E-state index contributed by atoms with van der Waals surface area (Å²) in [5.41, 5.74) is 1.28. The molecule has 138 valence electrons. The van der Waals surface area contributed by atoms with Crippen LogP contribution in [-0.2, 0) is 16.4 Å². The highest BCUT2D eigenvalue weighted by Crippen LogP contribution is 2.26. The van der Waals surface area contributed by atoms with Crippen molar-refractivity contribution in [1.82, 2.24) is 4.90 Å². The summed E-state index contributed by atoms with van der Waals surface area (Å²) in [7, 11) is -3.14. The molecule has 2 aromatic rings. The summed E-state index contributed by atoms with van der Waals surface area (Å²) < 4.78 is 23.8. The number of amides is 1. The molecule has 0 radical (unpaired) electrons. The van der Waals surface area contributed by atoms with E-state index in [1.54, 1.807) is 4.90 Å². The van der Waals surface area contributed by atoms with Gasteiger partial charge in [0.05, 0.1) is 23.0 Å². The number of nitro groups is 1. The van der Waals surface area contributed by atoms with Crippen molar-refractivity contribution in [2.75, 3.05) is 11.5 Å². The van der Waals surface area contributed by atoms with Crippen molar-refractivity contribution in [3.63, 3.8) is 0 Å². The number of sulfone groups is 1. The highest BCUT2D eigenvalue weighted by molar-refractivity contribution is 7.91. The first-order valence-electron chi connectivity index (χ1n) is 8.05. The van der Waals surface area contributed by atoms with E-state index in [1.165, 1.54) is 35.6 Å². The molecule has 1 atom stereocenters. The topological polar surface area (TPSA) is 97.6 Å². The second kappa shape index (κ2) is 7.16. The molecule has 3 rings (SSSR count). The summed E-state index contributed by atoms with van der Waals surface area (Å²) in [4.78, 5) is 25.9. The van der Waals surface area contributed by atoms with Crippen LogP contribution in [0.15, 0.2) is 35.7 Å². The molecule has 1 aliphatic heterocycles. The van der Waals surface area contributed by atoms with Gasteiger partial charge in [0.2, 0.25) is 0 Å². The molecule has 1 saturated heterocycles. The minimum Gasteiger partial charge on any atom is -0.329 e. The Labute approximate surface area is 155 Å². The number of nitro benzene ring substituents is 1. The summed E-state index contributed by atoms with van der Waals surface area (Å²) >= 11 is 1.52. The maximum atomic E-state index is 13.0. The average Bonchev–Trinajstić information content (AvgIpc) is 3.17. The highest BCUT2D eigenvalue weighted by Gasteiger charge is 2.35. The maximum absolute atomic E-state index is 13.0. The smallest absolute Gasteiger partial charge is 0.269 e. The molecule has 0 spiro atoms. The fourth-order valence-corrected chi connectivity index (χ4v) is 5.63. The Balaban J connectivity index is 1.90. The molecule has 1 aromatic heterocycles. The lowest BCUT2D eigenvalue weighted by Gasteiger charge is -2.28. The molecule has 0 unspecified atom stereocenters. The Hall–Kier alpha value is -2.26. The maximum Gasteiger partial charge on any atom is 0.269 e. The van der Waals surface area contributed by atoms with Crippen LogP contribution < -0.4 is 0 Å². The zero-order chi connectivity index (χ0) is 18.9. The quantitative estimate of drug-likeness (QED) is 0.574. The fourth-order valence-electron chi connectivity index (χ4n) is 3.00. The van der Waals surface area contributed by atoms with Crippen molar-refractivity contribution in [3.05, 3.63) is 61.8 Å². The number of non-ortho nitro benzene ring substituents is 1. The number of benzene rings is 1. The fraction of sp³-hybridized carbons (Fsp3) is 0.353. The number of hydrogen-bond acceptors (Lipinski definition) is 6. The third kappa shape index (κ3) is 3.94. The van der Waals surface area contributed by atoms with Gasteiger partial charge in [-0.15, -0.1) is 11.3 Å². The molecule has 7 nitrogen and oxygen atoms in total. The van der Waals surface area contributed by atoms with E-state index >= 15 is 0 Å². The Bertz CT molecular complexity index is 934. The molecule has 26 heavy (non-hydrogen) atoms. The van der Waals surface area contributed by atoms with Gasteiger partial charge in [0.1, 0.15) is 0 Å². The van der Waals surface area contributed by atoms with E-state index in [0.29, 0.717) is 18.5 Å². The van der Waals surface area contributed by atoms with E-state index in [0.717, 1.165) is 10.4 Å². The molecule has 0 saturated carbocycles. The van der Waals surface area contributed by atoms with Crippen LogP contribution in [0.1, 0.15) is 27.2 Å². The molecule has 9 heteroatoms. The van der Waals surface area contributed by atoms with Crippen LogP contribution in [0.4, 0.5) is 5.69 Å². The SMILES string of the molecule is Cc1ccsc1CN(C(=O)c1ccc([N+](=O)[O-])cc1)[C@H]1CCS(=O)(=O)C1. The molecule has 0 bridgehead atoms. The van der Waals surface area contributed by atoms with E-state index in [-0.39, 0.29) is 29.1 Å². The molecular weight excluding hydrogens is 376 g/mol. The second-order valence-corrected chi connectivity index (χ2v) is 9.55. The van der Waals surface area contributed by atoms with Crippen molar-refractivity contribution in [1.29, 1.82) is 0 Å². The third-order valence-corrected chi connectivity index (χ3v) is 7.28. The number of nitrogens with zero attached hydrogens (tertiary/aromatic N) is 2. The predicted molar refractivity (Wildman–Crippen MR) is 99.1 cm³/mol. The number of carbonyl (C=O) groups is 1. The number of carbonyl (C=O) groups excluding carboxylic acids is 1. The normalized spacial score (nSPS) is 18.6. The third-order valence-electron chi connectivity index (χ3n) is 4.52. The monoisotopic (exact) mass is 394 g/mol. The predicted octanol–water partition coefficient (Wildman–Crippen LogP) is 2.79. The van der Waals surface area contributed by atoms with Crippen LogP contribution in [0.2, 0.25) is 0 Å². The van der Waals surface area contributed by atoms with Gasteiger partial charge in [0.25, 0.3) is 11.6 Å². The molecule has 1 amide bonds. The van der Waals surface area contributed by atoms with Crippen molar-refractivity contribution < 1.29 is 18.1 Å². The molecule has 1 aromatic carbocycles. The van der Waals surface area contributed by atoms with E-state index in [2.05, 4.69) is 0 Å². The average molecular weight is 394 g/mol. The molecule has 1 fully saturated rings. The van der Waals surface area contributed by atoms with E-state index in [1.807, 2.05) is 18.4 Å². The summed E-state index contributed by atoms with van der Waals surface area (Å²) in [5.74, 6) is -0.281. The minimum absolute atomic E-state index is 0.0455. The van der Waals surface area contributed by atoms with Gasteiger partial charge in [-0.05, 0) is 42.5 Å². The Kier molecular flexibility index (Phi) is 5.10. The van der Waals surface area contributed by atoms with Crippen molar-refractivity contribution >= 4 is 32.8 Å². The van der Waals surface area contributed by atoms with Gasteiger partial charge in [0.15, 0.2) is 9.84 Å². The zero-order valence-corrected chi connectivity index (χ0v) is 15.8. The Morgan fingerprint density at radius 2 is 2.00 bits per heavy atom. The minimum atomic E-state index is -3.14. The van der Waals surface area contributed by atoms with Gasteiger partial charge in [-0.1, -0.05) is 0 Å². The largest absolute Gasteiger partial charge is 0.329 e. The standard InChI is InChI=1S/C17H18N2O5S2/c1-12-6-8-25-16(12)10-18(15-7-9-26(23,24)11-15)17(20)13-2-4-14(5-3-13)19(21)22/h2-6,8,15H,7,9-11H2,1H3/t15-/m0/s1. The number of hydrogen-bond donors (Lipinski definition) is 0. The zero-order valence-electron chi connectivity index (χ0n) is 14.1. The lowest BCUT2D eigenvalue weighted by molar-refractivity contribution is -0.384. The summed E-state index contributed by atoms with van der Waals surface area (Å²) in [6.45, 7) is 2.28. The van der Waals surface area contributed by atoms with Gasteiger partial charge in [0, 0.05) is 28.6 Å². The van der Waals surface area contributed by atoms with Gasteiger partial charge in [-0.2, -0.15) is 0 Å². The van der Waals surface area contributed by atoms with Crippen LogP contribution in [0.5, 0.6) is 0 Å². The first-order valence-corrected chi connectivity index (χ1v) is 10.8. The summed E-state index contributed by atoms with van der Waals surface area (Å²) in [5, 5.41) is 12.7. The van der Waals surface area contributed by atoms with E-state index in [9.17, 15) is 23.3 Å². The van der Waals surface area contributed by atoms with Crippen LogP contribution >= 0.6 is 11.3 Å². The van der Waals surface area contributed by atoms with Crippen molar-refractivity contribution in [2.45, 2.75) is 25.9 Å². The van der Waals surface area contributed by atoms with Crippen LogP contribution in [0.25, 0.3) is 0 Å². The Morgan fingerprint density at radius 3 is 2.50 bits per heavy atom. The molecule has 2 heterocycles. The summed E-state index contributed by atoms with van der Waals surface area (Å²) in [6.07, 6.45) is 0.408. The first kappa shape index (κ1) is 18.5. The van der Waals surface area contributed by atoms with Crippen LogP contribution in [-0.4, -0.2) is 41.7 Å². The van der Waals surface area contributed by atoms with E-state index in [4.69, 9.17) is 0 Å². The van der Waals surface area contributed by atoms with E-state index < -0.39 is 14.8 Å². The number of thiophene rings is 1. The number of aryl methyl sites for hydroxylation is 1. The highest BCUT2D eigenvalue weighted by atomic mass is 32.2. The molecular formula is C17H18N2O5S2. The number of rotatable bonds is 5. The Morgan fingerprint density at radius 1 is 1.31 bits per heavy atom. The lowest BCUT2D eigenvalue weighted by Crippen LogP contribution is -2.40. The van der Waals surface area contributed by atoms with Gasteiger partial charge in [-0.25, -0.2) is 8.42 Å². The van der Waals surface area contributed by atoms with Gasteiger partial charge in [-0.3, -0.25) is 14.9 Å². The van der Waals surface area contributed by atoms with Gasteiger partial charge < -0.3 is 4.90 Å². The van der Waals surface area contributed by atoms with Crippen molar-refractivity contribution in [3.8, 4) is 0 Å².